The number of halogens is 2. The van der Waals surface area contributed by atoms with E-state index < -0.39 is 21.7 Å². The minimum atomic E-state index is -3.28. The first-order valence-corrected chi connectivity index (χ1v) is 20.4. The second-order valence-corrected chi connectivity index (χ2v) is 16.9. The molecule has 3 aliphatic heterocycles. The molecule has 1 N–H and O–H groups in total. The van der Waals surface area contributed by atoms with Gasteiger partial charge in [-0.2, -0.15) is 0 Å². The zero-order valence-electron chi connectivity index (χ0n) is 30.3. The van der Waals surface area contributed by atoms with E-state index in [4.69, 9.17) is 4.74 Å². The van der Waals surface area contributed by atoms with Crippen LogP contribution in [-0.4, -0.2) is 110 Å². The van der Waals surface area contributed by atoms with Gasteiger partial charge in [-0.25, -0.2) is 31.1 Å². The van der Waals surface area contributed by atoms with Crippen LogP contribution in [0.4, 0.5) is 18.4 Å². The average Bonchev–Trinajstić information content (AvgIpc) is 3.10. The van der Waals surface area contributed by atoms with Gasteiger partial charge in [0.1, 0.15) is 18.2 Å². The molecule has 3 saturated heterocycles. The van der Waals surface area contributed by atoms with Gasteiger partial charge >= 0.3 is 12.1 Å². The SMILES string of the molecule is CC(C)CN(C(=O)NC1CCN(C(=O)OCc2ccccc2)CC1)C1CCN(CC[C@@H](c2cc(F)cc(F)c2)C2CCN(S(C)(=O)=O)CC2)CC1. The number of ether oxygens (including phenoxy) is 1. The van der Waals surface area contributed by atoms with E-state index in [1.807, 2.05) is 35.2 Å². The number of likely N-dealkylation sites (tertiary alicyclic amines) is 2. The summed E-state index contributed by atoms with van der Waals surface area (Å²) in [4.78, 5) is 32.4. The van der Waals surface area contributed by atoms with Crippen molar-refractivity contribution in [3.8, 4) is 0 Å². The lowest BCUT2D eigenvalue weighted by atomic mass is 9.78. The highest BCUT2D eigenvalue weighted by Crippen LogP contribution is 2.37. The fraction of sp³-hybridized carbons (Fsp3) is 0.632. The monoisotopic (exact) mass is 731 g/mol. The Kier molecular flexibility index (Phi) is 13.7. The normalized spacial score (nSPS) is 19.6. The van der Waals surface area contributed by atoms with Gasteiger partial charge in [-0.1, -0.05) is 44.2 Å². The predicted octanol–water partition coefficient (Wildman–Crippen LogP) is 6.04. The van der Waals surface area contributed by atoms with E-state index in [2.05, 4.69) is 24.1 Å². The number of nitrogens with zero attached hydrogens (tertiary/aromatic N) is 4. The first-order valence-electron chi connectivity index (χ1n) is 18.5. The summed E-state index contributed by atoms with van der Waals surface area (Å²) >= 11 is 0. The van der Waals surface area contributed by atoms with Crippen molar-refractivity contribution in [3.05, 3.63) is 71.3 Å². The van der Waals surface area contributed by atoms with E-state index in [-0.39, 0.29) is 42.7 Å². The van der Waals surface area contributed by atoms with Crippen LogP contribution in [0.5, 0.6) is 0 Å². The minimum absolute atomic E-state index is 0.0145. The molecular weight excluding hydrogens is 677 g/mol. The summed E-state index contributed by atoms with van der Waals surface area (Å²) in [6.45, 7) is 9.39. The first-order chi connectivity index (χ1) is 24.4. The fourth-order valence-corrected chi connectivity index (χ4v) is 8.79. The highest BCUT2D eigenvalue weighted by molar-refractivity contribution is 7.88. The molecule has 3 heterocycles. The lowest BCUT2D eigenvalue weighted by Crippen LogP contribution is -2.55. The molecule has 2 aromatic rings. The number of benzene rings is 2. The third-order valence-electron chi connectivity index (χ3n) is 10.7. The van der Waals surface area contributed by atoms with Gasteiger partial charge < -0.3 is 24.8 Å². The molecule has 1 atom stereocenters. The summed E-state index contributed by atoms with van der Waals surface area (Å²) in [7, 11) is -3.28. The van der Waals surface area contributed by atoms with Crippen LogP contribution in [0, 0.1) is 23.5 Å². The predicted molar refractivity (Wildman–Crippen MR) is 194 cm³/mol. The quantitative estimate of drug-likeness (QED) is 0.286. The number of rotatable bonds is 12. The maximum absolute atomic E-state index is 14.3. The molecule has 3 fully saturated rings. The van der Waals surface area contributed by atoms with Gasteiger partial charge in [0.2, 0.25) is 10.0 Å². The summed E-state index contributed by atoms with van der Waals surface area (Å²) < 4.78 is 59.8. The molecule has 0 bridgehead atoms. The van der Waals surface area contributed by atoms with Crippen LogP contribution in [0.3, 0.4) is 0 Å². The Morgan fingerprint density at radius 3 is 2.12 bits per heavy atom. The first kappa shape index (κ1) is 38.9. The molecule has 0 saturated carbocycles. The fourth-order valence-electron chi connectivity index (χ4n) is 7.92. The Labute approximate surface area is 302 Å². The maximum atomic E-state index is 14.3. The molecule has 0 aromatic heterocycles. The zero-order valence-corrected chi connectivity index (χ0v) is 31.1. The molecule has 5 rings (SSSR count). The molecule has 0 radical (unpaired) electrons. The van der Waals surface area contributed by atoms with Crippen molar-refractivity contribution in [1.82, 2.24) is 24.3 Å². The van der Waals surface area contributed by atoms with E-state index in [0.717, 1.165) is 44.1 Å². The van der Waals surface area contributed by atoms with Crippen molar-refractivity contribution >= 4 is 22.1 Å². The number of hydrogen-bond acceptors (Lipinski definition) is 6. The van der Waals surface area contributed by atoms with Gasteiger partial charge in [0.05, 0.1) is 6.26 Å². The van der Waals surface area contributed by atoms with Crippen LogP contribution in [0.1, 0.15) is 75.8 Å². The van der Waals surface area contributed by atoms with E-state index >= 15 is 0 Å². The number of sulfonamides is 1. The molecule has 0 unspecified atom stereocenters. The minimum Gasteiger partial charge on any atom is -0.445 e. The number of carbonyl (C=O) groups is 2. The van der Waals surface area contributed by atoms with Crippen LogP contribution in [0.2, 0.25) is 0 Å². The molecular formula is C38H55F2N5O5S. The van der Waals surface area contributed by atoms with Crippen LogP contribution < -0.4 is 5.32 Å². The second kappa shape index (κ2) is 18.0. The van der Waals surface area contributed by atoms with Gasteiger partial charge in [-0.15, -0.1) is 0 Å². The molecule has 282 valence electrons. The van der Waals surface area contributed by atoms with Crippen LogP contribution >= 0.6 is 0 Å². The molecule has 2 aromatic carbocycles. The highest BCUT2D eigenvalue weighted by Gasteiger charge is 2.34. The van der Waals surface area contributed by atoms with E-state index in [9.17, 15) is 26.8 Å². The van der Waals surface area contributed by atoms with Crippen molar-refractivity contribution in [2.24, 2.45) is 11.8 Å². The van der Waals surface area contributed by atoms with Crippen LogP contribution in [-0.2, 0) is 21.4 Å². The van der Waals surface area contributed by atoms with Crippen molar-refractivity contribution in [3.63, 3.8) is 0 Å². The Bertz CT molecular complexity index is 1520. The Morgan fingerprint density at radius 2 is 1.53 bits per heavy atom. The number of hydrogen-bond donors (Lipinski definition) is 1. The number of piperidine rings is 3. The van der Waals surface area contributed by atoms with E-state index in [1.165, 1.54) is 22.7 Å². The summed E-state index contributed by atoms with van der Waals surface area (Å²) in [5.74, 6) is -0.857. The molecule has 0 aliphatic carbocycles. The van der Waals surface area contributed by atoms with Crippen molar-refractivity contribution in [1.29, 1.82) is 0 Å². The summed E-state index contributed by atoms with van der Waals surface area (Å²) in [6, 6.07) is 13.4. The molecule has 3 amide bonds. The summed E-state index contributed by atoms with van der Waals surface area (Å²) in [6.07, 6.45) is 5.90. The third kappa shape index (κ3) is 11.3. The lowest BCUT2D eigenvalue weighted by molar-refractivity contribution is 0.0833. The highest BCUT2D eigenvalue weighted by atomic mass is 32.2. The smallest absolute Gasteiger partial charge is 0.410 e. The lowest BCUT2D eigenvalue weighted by Gasteiger charge is -2.41. The van der Waals surface area contributed by atoms with Crippen molar-refractivity contribution in [2.45, 2.75) is 83.4 Å². The topological polar surface area (TPSA) is 102 Å². The number of urea groups is 1. The van der Waals surface area contributed by atoms with E-state index in [1.54, 1.807) is 4.90 Å². The van der Waals surface area contributed by atoms with Gasteiger partial charge in [-0.05, 0) is 92.5 Å². The number of amides is 3. The van der Waals surface area contributed by atoms with Crippen molar-refractivity contribution in [2.75, 3.05) is 58.6 Å². The zero-order chi connectivity index (χ0) is 36.5. The third-order valence-corrected chi connectivity index (χ3v) is 12.0. The number of nitrogens with one attached hydrogen (secondary N) is 1. The summed E-state index contributed by atoms with van der Waals surface area (Å²) in [5.41, 5.74) is 1.58. The Hall–Kier alpha value is -3.29. The Balaban J connectivity index is 1.11. The van der Waals surface area contributed by atoms with Crippen LogP contribution in [0.25, 0.3) is 0 Å². The average molecular weight is 732 g/mol. The van der Waals surface area contributed by atoms with Crippen LogP contribution in [0.15, 0.2) is 48.5 Å². The Morgan fingerprint density at radius 1 is 0.902 bits per heavy atom. The van der Waals surface area contributed by atoms with Crippen molar-refractivity contribution < 1.29 is 31.5 Å². The molecule has 3 aliphatic rings. The molecule has 51 heavy (non-hydrogen) atoms. The molecule has 13 heteroatoms. The summed E-state index contributed by atoms with van der Waals surface area (Å²) in [5, 5.41) is 3.26. The standard InChI is InChI=1S/C38H55F2N5O5S/c1-28(2)26-45(37(46)41-34-11-19-43(20-12-34)38(47)50-27-29-7-5-4-6-8-29)35-13-16-42(17-14-35)18-15-36(31-23-32(39)25-33(40)24-31)30-9-21-44(22-10-30)51(3,48)49/h4-8,23-25,28,30,34-36H,9-22,26-27H2,1-3H3,(H,41,46)/t36-/m1/s1. The molecule has 0 spiro atoms. The van der Waals surface area contributed by atoms with Gasteiger partial charge in [-0.3, -0.25) is 0 Å². The van der Waals surface area contributed by atoms with Gasteiger partial charge in [0.25, 0.3) is 0 Å². The maximum Gasteiger partial charge on any atom is 0.410 e. The second-order valence-electron chi connectivity index (χ2n) is 15.0. The van der Waals surface area contributed by atoms with E-state index in [0.29, 0.717) is 76.3 Å². The van der Waals surface area contributed by atoms with Gasteiger partial charge in [0, 0.05) is 64.0 Å². The largest absolute Gasteiger partial charge is 0.445 e. The van der Waals surface area contributed by atoms with Gasteiger partial charge in [0.15, 0.2) is 0 Å². The molecule has 10 nitrogen and oxygen atoms in total. The number of carbonyl (C=O) groups excluding carboxylic acids is 2.